The topological polar surface area (TPSA) is 160 Å². The highest BCUT2D eigenvalue weighted by Gasteiger charge is 2.31. The molecule has 1 fully saturated rings. The van der Waals surface area contributed by atoms with E-state index in [4.69, 9.17) is 19.7 Å². The summed E-state index contributed by atoms with van der Waals surface area (Å²) < 4.78 is 12.4. The van der Waals surface area contributed by atoms with Crippen LogP contribution in [0.15, 0.2) is 61.1 Å². The van der Waals surface area contributed by atoms with Gasteiger partial charge in [-0.15, -0.1) is 10.2 Å². The van der Waals surface area contributed by atoms with Crippen molar-refractivity contribution in [2.75, 3.05) is 30.9 Å². The van der Waals surface area contributed by atoms with Gasteiger partial charge >= 0.3 is 6.03 Å². The first-order chi connectivity index (χ1) is 25.6. The zero-order valence-corrected chi connectivity index (χ0v) is 31.4. The predicted molar refractivity (Wildman–Crippen MR) is 203 cm³/mol. The summed E-state index contributed by atoms with van der Waals surface area (Å²) in [7, 11) is 4.08. The number of rotatable bonds is 10. The number of carbonyl (C=O) groups excluding carboxylic acids is 1. The van der Waals surface area contributed by atoms with Crippen LogP contribution >= 0.6 is 0 Å². The Kier molecular flexibility index (Phi) is 11.6. The fraction of sp³-hybridized carbons (Fsp3) is 0.474. The van der Waals surface area contributed by atoms with E-state index in [1.807, 2.05) is 61.5 Å². The highest BCUT2D eigenvalue weighted by Crippen LogP contribution is 2.39. The van der Waals surface area contributed by atoms with Gasteiger partial charge in [-0.2, -0.15) is 10.2 Å². The van der Waals surface area contributed by atoms with E-state index >= 15 is 0 Å². The summed E-state index contributed by atoms with van der Waals surface area (Å²) in [5.41, 5.74) is 4.62. The van der Waals surface area contributed by atoms with Crippen molar-refractivity contribution >= 4 is 29.9 Å². The molecular weight excluding hydrogens is 674 g/mol. The van der Waals surface area contributed by atoms with Crippen molar-refractivity contribution in [2.24, 2.45) is 0 Å². The third-order valence-corrected chi connectivity index (χ3v) is 10.0. The minimum Gasteiger partial charge on any atom is -0.484 e. The van der Waals surface area contributed by atoms with Crippen LogP contribution < -0.4 is 20.3 Å². The van der Waals surface area contributed by atoms with Gasteiger partial charge in [0.1, 0.15) is 23.4 Å². The molecule has 4 aromatic heterocycles. The maximum atomic E-state index is 13.6. The van der Waals surface area contributed by atoms with Crippen molar-refractivity contribution in [3.05, 3.63) is 77.9 Å². The van der Waals surface area contributed by atoms with Crippen LogP contribution in [0.4, 0.5) is 16.6 Å². The second kappa shape index (κ2) is 16.5. The zero-order chi connectivity index (χ0) is 37.6. The Labute approximate surface area is 309 Å². The lowest BCUT2D eigenvalue weighted by Gasteiger charge is -2.39. The van der Waals surface area contributed by atoms with Crippen molar-refractivity contribution in [1.29, 1.82) is 0 Å². The first-order valence-electron chi connectivity index (χ1n) is 18.4. The fourth-order valence-electron chi connectivity index (χ4n) is 7.27. The molecule has 15 heteroatoms. The van der Waals surface area contributed by atoms with Gasteiger partial charge in [0.25, 0.3) is 6.47 Å². The summed E-state index contributed by atoms with van der Waals surface area (Å²) in [6.45, 7) is 10.1. The van der Waals surface area contributed by atoms with Gasteiger partial charge in [0.15, 0.2) is 5.65 Å². The number of hydrogen-bond acceptors (Lipinski definition) is 9. The molecule has 1 aliphatic heterocycles. The van der Waals surface area contributed by atoms with E-state index in [0.717, 1.165) is 78.6 Å². The van der Waals surface area contributed by atoms with Gasteiger partial charge in [-0.05, 0) is 89.2 Å². The number of nitrogens with zero attached hydrogens (tertiary/aromatic N) is 9. The summed E-state index contributed by atoms with van der Waals surface area (Å²) in [6, 6.07) is 14.5. The monoisotopic (exact) mass is 725 g/mol. The van der Waals surface area contributed by atoms with Gasteiger partial charge in [0.05, 0.1) is 36.9 Å². The fourth-order valence-corrected chi connectivity index (χ4v) is 7.27. The van der Waals surface area contributed by atoms with Crippen LogP contribution in [0.25, 0.3) is 11.3 Å². The van der Waals surface area contributed by atoms with Crippen LogP contribution in [0, 0.1) is 0 Å². The van der Waals surface area contributed by atoms with Crippen LogP contribution in [0.3, 0.4) is 0 Å². The van der Waals surface area contributed by atoms with Crippen molar-refractivity contribution in [3.8, 4) is 11.4 Å². The molecule has 1 saturated heterocycles. The van der Waals surface area contributed by atoms with Crippen molar-refractivity contribution in [3.63, 3.8) is 0 Å². The Bertz CT molecular complexity index is 1990. The second-order valence-corrected chi connectivity index (χ2v) is 14.5. The van der Waals surface area contributed by atoms with Gasteiger partial charge in [0, 0.05) is 24.7 Å². The Balaban J connectivity index is 0.00000155. The number of benzene rings is 1. The number of fused-ring (bicyclic) bond motifs is 2. The smallest absolute Gasteiger partial charge is 0.320 e. The van der Waals surface area contributed by atoms with Crippen molar-refractivity contribution in [1.82, 2.24) is 44.4 Å². The van der Waals surface area contributed by atoms with E-state index in [-0.39, 0.29) is 30.6 Å². The predicted octanol–water partition coefficient (Wildman–Crippen LogP) is 6.04. The standard InChI is InChI=1S/C37H49N11O2.CH2O2/c1-24(2)32-20-35(48(43-32)27-21-38-45(22-27)19-18-44(5)6)40-36(49)39-31-15-16-33(30-13-8-7-12-29(30)31)50-28-14-17-34-41-42-37(46(34)23-28)47-25(3)10-9-11-26(47)4;2-1-3/h7-8,12-14,17,20-26,31,33H,9-11,15-16,18-19H2,1-6H3,(H2,39,40,49);1H,(H,2,3)/t25-,26+,31-,33+;/m0./s1. The SMILES string of the molecule is CC(C)c1cc(NC(=O)N[C@H]2CC[C@@H](Oc3ccc4nnc(N5[C@H](C)CCC[C@@H]5C)n4c3)c3ccccc32)n(-c2cnn(CCN(C)C)c2)n1.O=CO. The number of carbonyl (C=O) groups is 2. The molecule has 5 heterocycles. The molecule has 2 amide bonds. The molecule has 0 unspecified atom stereocenters. The molecule has 3 N–H and O–H groups in total. The van der Waals surface area contributed by atoms with E-state index in [0.29, 0.717) is 17.9 Å². The average molecular weight is 726 g/mol. The lowest BCUT2D eigenvalue weighted by atomic mass is 9.85. The lowest BCUT2D eigenvalue weighted by molar-refractivity contribution is -0.122. The number of nitrogens with one attached hydrogen (secondary N) is 2. The molecule has 0 radical (unpaired) electrons. The molecule has 1 aliphatic carbocycles. The average Bonchev–Trinajstić information content (AvgIpc) is 3.88. The quantitative estimate of drug-likeness (QED) is 0.145. The highest BCUT2D eigenvalue weighted by atomic mass is 16.5. The summed E-state index contributed by atoms with van der Waals surface area (Å²) in [5, 5.41) is 31.6. The maximum absolute atomic E-state index is 13.6. The van der Waals surface area contributed by atoms with E-state index in [9.17, 15) is 4.79 Å². The number of pyridine rings is 1. The third-order valence-electron chi connectivity index (χ3n) is 10.0. The summed E-state index contributed by atoms with van der Waals surface area (Å²) in [6.07, 6.45) is 10.6. The first kappa shape index (κ1) is 37.3. The molecule has 0 spiro atoms. The normalized spacial score (nSPS) is 19.8. The van der Waals surface area contributed by atoms with Crippen LogP contribution in [0.1, 0.15) is 94.7 Å². The molecule has 5 aromatic rings. The molecule has 282 valence electrons. The summed E-state index contributed by atoms with van der Waals surface area (Å²) in [4.78, 5) is 26.4. The van der Waals surface area contributed by atoms with Crippen LogP contribution in [0.2, 0.25) is 0 Å². The number of aromatic nitrogens is 7. The molecule has 15 nitrogen and oxygen atoms in total. The minimum absolute atomic E-state index is 0.156. The Morgan fingerprint density at radius 3 is 2.49 bits per heavy atom. The molecule has 1 aromatic carbocycles. The molecule has 0 bridgehead atoms. The largest absolute Gasteiger partial charge is 0.484 e. The lowest BCUT2D eigenvalue weighted by Crippen LogP contribution is -2.44. The van der Waals surface area contributed by atoms with E-state index in [1.54, 1.807) is 10.9 Å². The van der Waals surface area contributed by atoms with Crippen molar-refractivity contribution in [2.45, 2.75) is 96.5 Å². The third kappa shape index (κ3) is 8.46. The van der Waals surface area contributed by atoms with E-state index in [1.165, 1.54) is 6.42 Å². The number of piperidine rings is 1. The Hall–Kier alpha value is -5.44. The van der Waals surface area contributed by atoms with Crippen LogP contribution in [-0.2, 0) is 11.3 Å². The molecular formula is C38H51N11O4. The number of urea groups is 1. The van der Waals surface area contributed by atoms with Crippen LogP contribution in [-0.4, -0.2) is 89.4 Å². The van der Waals surface area contributed by atoms with Crippen LogP contribution in [0.5, 0.6) is 5.75 Å². The Morgan fingerprint density at radius 1 is 1.04 bits per heavy atom. The van der Waals surface area contributed by atoms with Gasteiger partial charge in [-0.3, -0.25) is 19.2 Å². The molecule has 4 atom stereocenters. The Morgan fingerprint density at radius 2 is 1.77 bits per heavy atom. The van der Waals surface area contributed by atoms with Gasteiger partial charge in [0.2, 0.25) is 5.95 Å². The molecule has 7 rings (SSSR count). The summed E-state index contributed by atoms with van der Waals surface area (Å²) in [5.74, 6) is 2.42. The second-order valence-electron chi connectivity index (χ2n) is 14.5. The number of amides is 2. The van der Waals surface area contributed by atoms with E-state index in [2.05, 4.69) is 80.0 Å². The van der Waals surface area contributed by atoms with Crippen molar-refractivity contribution < 1.29 is 19.4 Å². The molecule has 53 heavy (non-hydrogen) atoms. The van der Waals surface area contributed by atoms with Gasteiger partial charge in [-0.1, -0.05) is 38.1 Å². The zero-order valence-electron chi connectivity index (χ0n) is 31.4. The molecule has 2 aliphatic rings. The number of ether oxygens (including phenoxy) is 1. The van der Waals surface area contributed by atoms with Gasteiger partial charge in [-0.25, -0.2) is 9.48 Å². The maximum Gasteiger partial charge on any atom is 0.320 e. The minimum atomic E-state index is -0.285. The van der Waals surface area contributed by atoms with Gasteiger partial charge < -0.3 is 25.0 Å². The number of carboxylic acid groups (broad SMARTS) is 1. The van der Waals surface area contributed by atoms with E-state index < -0.39 is 0 Å². The molecule has 0 saturated carbocycles. The highest BCUT2D eigenvalue weighted by molar-refractivity contribution is 5.89. The number of likely N-dealkylation sites (N-methyl/N-ethyl adjacent to an activating group) is 1. The summed E-state index contributed by atoms with van der Waals surface area (Å²) >= 11 is 0. The number of anilines is 2. The number of hydrogen-bond donors (Lipinski definition) is 3. The first-order valence-corrected chi connectivity index (χ1v) is 18.4.